The molecule has 3 atom stereocenters. The lowest BCUT2D eigenvalue weighted by molar-refractivity contribution is 0.0696. The monoisotopic (exact) mass is 307 g/mol. The van der Waals surface area contributed by atoms with E-state index in [0.29, 0.717) is 11.5 Å². The van der Waals surface area contributed by atoms with Crippen LogP contribution in [0.1, 0.15) is 35.2 Å². The molecule has 1 heterocycles. The molecule has 0 saturated carbocycles. The summed E-state index contributed by atoms with van der Waals surface area (Å²) in [6, 6.07) is 5.58. The number of hydrogen-bond donors (Lipinski definition) is 2. The maximum Gasteiger partial charge on any atom is 0.335 e. The van der Waals surface area contributed by atoms with Gasteiger partial charge in [0.05, 0.1) is 11.6 Å². The molecule has 0 aromatic heterocycles. The van der Waals surface area contributed by atoms with E-state index < -0.39 is 5.97 Å². The minimum Gasteiger partial charge on any atom is -0.478 e. The average molecular weight is 307 g/mol. The van der Waals surface area contributed by atoms with Crippen molar-refractivity contribution in [3.8, 4) is 0 Å². The number of carbonyl (C=O) groups is 1. The van der Waals surface area contributed by atoms with Crippen molar-refractivity contribution < 1.29 is 9.90 Å². The lowest BCUT2D eigenvalue weighted by Gasteiger charge is -2.38. The SMILES string of the molecule is C=C/C=C\C(=C/C)C1Nc2ccc(C(=O)O)cc2C2C=CCC12. The molecule has 3 rings (SSSR count). The van der Waals surface area contributed by atoms with Crippen molar-refractivity contribution in [3.05, 3.63) is 77.9 Å². The summed E-state index contributed by atoms with van der Waals surface area (Å²) < 4.78 is 0. The maximum atomic E-state index is 11.2. The molecule has 3 nitrogen and oxygen atoms in total. The number of anilines is 1. The zero-order valence-electron chi connectivity index (χ0n) is 13.2. The summed E-state index contributed by atoms with van der Waals surface area (Å²) >= 11 is 0. The molecule has 0 saturated heterocycles. The van der Waals surface area contributed by atoms with E-state index in [1.165, 1.54) is 5.57 Å². The van der Waals surface area contributed by atoms with E-state index in [2.05, 4.69) is 36.2 Å². The molecule has 23 heavy (non-hydrogen) atoms. The molecule has 0 radical (unpaired) electrons. The summed E-state index contributed by atoms with van der Waals surface area (Å²) in [5.74, 6) is -0.202. The highest BCUT2D eigenvalue weighted by molar-refractivity contribution is 5.89. The third-order valence-corrected chi connectivity index (χ3v) is 4.73. The number of aromatic carboxylic acids is 1. The second-order valence-corrected chi connectivity index (χ2v) is 5.97. The van der Waals surface area contributed by atoms with Crippen LogP contribution >= 0.6 is 0 Å². The predicted molar refractivity (Wildman–Crippen MR) is 93.9 cm³/mol. The molecule has 0 spiro atoms. The molecule has 3 unspecified atom stereocenters. The van der Waals surface area contributed by atoms with Gasteiger partial charge in [-0.3, -0.25) is 0 Å². The van der Waals surface area contributed by atoms with Crippen LogP contribution in [0, 0.1) is 5.92 Å². The third kappa shape index (κ3) is 2.74. The second-order valence-electron chi connectivity index (χ2n) is 5.97. The van der Waals surface area contributed by atoms with Crippen LogP contribution in [-0.4, -0.2) is 17.1 Å². The van der Waals surface area contributed by atoms with E-state index in [1.54, 1.807) is 12.1 Å². The van der Waals surface area contributed by atoms with Gasteiger partial charge in [-0.05, 0) is 48.6 Å². The van der Waals surface area contributed by atoms with E-state index in [1.807, 2.05) is 25.1 Å². The third-order valence-electron chi connectivity index (χ3n) is 4.73. The first kappa shape index (κ1) is 15.3. The Morgan fingerprint density at radius 1 is 1.43 bits per heavy atom. The van der Waals surface area contributed by atoms with E-state index in [-0.39, 0.29) is 12.0 Å². The largest absolute Gasteiger partial charge is 0.478 e. The standard InChI is InChI=1S/C20H21NO2/c1-3-5-7-13(4-2)19-16-9-6-8-15(16)17-12-14(20(22)23)10-11-18(17)21-19/h3-8,10-12,15-16,19,21H,1,9H2,2H3,(H,22,23)/b7-5-,13-4+. The molecule has 1 aromatic carbocycles. The maximum absolute atomic E-state index is 11.2. The first-order valence-electron chi connectivity index (χ1n) is 7.91. The highest BCUT2D eigenvalue weighted by Crippen LogP contribution is 2.46. The number of carboxylic acid groups (broad SMARTS) is 1. The quantitative estimate of drug-likeness (QED) is 0.635. The Hall–Kier alpha value is -2.55. The molecule has 1 aromatic rings. The number of nitrogens with one attached hydrogen (secondary N) is 1. The van der Waals surface area contributed by atoms with Crippen molar-refractivity contribution in [2.24, 2.45) is 5.92 Å². The molecule has 3 heteroatoms. The topological polar surface area (TPSA) is 49.3 Å². The Morgan fingerprint density at radius 3 is 2.96 bits per heavy atom. The van der Waals surface area contributed by atoms with Gasteiger partial charge >= 0.3 is 5.97 Å². The highest BCUT2D eigenvalue weighted by Gasteiger charge is 2.38. The molecule has 0 fully saturated rings. The van der Waals surface area contributed by atoms with Crippen molar-refractivity contribution in [1.29, 1.82) is 0 Å². The molecular weight excluding hydrogens is 286 g/mol. The first-order chi connectivity index (χ1) is 11.2. The van der Waals surface area contributed by atoms with Gasteiger partial charge in [0.25, 0.3) is 0 Å². The summed E-state index contributed by atoms with van der Waals surface area (Å²) in [7, 11) is 0. The molecule has 1 aliphatic carbocycles. The van der Waals surface area contributed by atoms with Crippen molar-refractivity contribution in [2.45, 2.75) is 25.3 Å². The molecule has 0 bridgehead atoms. The Balaban J connectivity index is 2.01. The van der Waals surface area contributed by atoms with Gasteiger partial charge in [0.2, 0.25) is 0 Å². The van der Waals surface area contributed by atoms with Crippen molar-refractivity contribution in [1.82, 2.24) is 0 Å². The van der Waals surface area contributed by atoms with Gasteiger partial charge in [-0.25, -0.2) is 4.79 Å². The fourth-order valence-corrected chi connectivity index (χ4v) is 3.62. The van der Waals surface area contributed by atoms with Crippen LogP contribution < -0.4 is 5.32 Å². The number of fused-ring (bicyclic) bond motifs is 3. The lowest BCUT2D eigenvalue weighted by atomic mass is 9.76. The normalized spacial score (nSPS) is 25.8. The second kappa shape index (κ2) is 6.29. The molecule has 2 N–H and O–H groups in total. The van der Waals surface area contributed by atoms with Gasteiger partial charge in [-0.1, -0.05) is 43.0 Å². The van der Waals surface area contributed by atoms with E-state index in [0.717, 1.165) is 17.7 Å². The summed E-state index contributed by atoms with van der Waals surface area (Å²) in [6.07, 6.45) is 13.4. The predicted octanol–water partition coefficient (Wildman–Crippen LogP) is 4.53. The first-order valence-corrected chi connectivity index (χ1v) is 7.91. The van der Waals surface area contributed by atoms with Gasteiger partial charge in [0.15, 0.2) is 0 Å². The molecule has 0 amide bonds. The molecule has 2 aliphatic rings. The van der Waals surface area contributed by atoms with Gasteiger partial charge in [-0.15, -0.1) is 0 Å². The lowest BCUT2D eigenvalue weighted by Crippen LogP contribution is -2.37. The number of carboxylic acids is 1. The van der Waals surface area contributed by atoms with Crippen LogP contribution in [0.2, 0.25) is 0 Å². The fourth-order valence-electron chi connectivity index (χ4n) is 3.62. The number of benzene rings is 1. The molecule has 1 aliphatic heterocycles. The zero-order valence-corrected chi connectivity index (χ0v) is 13.2. The Labute approximate surface area is 136 Å². The van der Waals surface area contributed by atoms with Crippen LogP contribution in [0.3, 0.4) is 0 Å². The Bertz CT molecular complexity index is 727. The van der Waals surface area contributed by atoms with Crippen LogP contribution in [0.15, 0.2) is 66.8 Å². The van der Waals surface area contributed by atoms with E-state index in [9.17, 15) is 9.90 Å². The minimum atomic E-state index is -0.878. The summed E-state index contributed by atoms with van der Waals surface area (Å²) in [6.45, 7) is 5.78. The minimum absolute atomic E-state index is 0.222. The van der Waals surface area contributed by atoms with Gasteiger partial charge in [0.1, 0.15) is 0 Å². The van der Waals surface area contributed by atoms with Gasteiger partial charge in [-0.2, -0.15) is 0 Å². The smallest absolute Gasteiger partial charge is 0.335 e. The van der Waals surface area contributed by atoms with E-state index >= 15 is 0 Å². The van der Waals surface area contributed by atoms with Crippen LogP contribution in [-0.2, 0) is 0 Å². The zero-order chi connectivity index (χ0) is 16.4. The van der Waals surface area contributed by atoms with Gasteiger partial charge in [0, 0.05) is 11.6 Å². The average Bonchev–Trinajstić information content (AvgIpc) is 3.05. The Morgan fingerprint density at radius 2 is 2.26 bits per heavy atom. The van der Waals surface area contributed by atoms with Crippen molar-refractivity contribution in [2.75, 3.05) is 5.32 Å². The van der Waals surface area contributed by atoms with Crippen molar-refractivity contribution in [3.63, 3.8) is 0 Å². The van der Waals surface area contributed by atoms with Crippen LogP contribution in [0.5, 0.6) is 0 Å². The van der Waals surface area contributed by atoms with Crippen LogP contribution in [0.4, 0.5) is 5.69 Å². The van der Waals surface area contributed by atoms with Crippen molar-refractivity contribution >= 4 is 11.7 Å². The van der Waals surface area contributed by atoms with E-state index in [4.69, 9.17) is 0 Å². The van der Waals surface area contributed by atoms with Gasteiger partial charge < -0.3 is 10.4 Å². The summed E-state index contributed by atoms with van der Waals surface area (Å²) in [5, 5.41) is 12.8. The summed E-state index contributed by atoms with van der Waals surface area (Å²) in [4.78, 5) is 11.2. The fraction of sp³-hybridized carbons (Fsp3) is 0.250. The molecule has 118 valence electrons. The number of rotatable bonds is 4. The number of hydrogen-bond acceptors (Lipinski definition) is 2. The molecular formula is C20H21NO2. The number of allylic oxidation sites excluding steroid dienone is 5. The Kier molecular flexibility index (Phi) is 4.20. The van der Waals surface area contributed by atoms with Crippen LogP contribution in [0.25, 0.3) is 0 Å². The highest BCUT2D eigenvalue weighted by atomic mass is 16.4. The summed E-state index contributed by atoms with van der Waals surface area (Å²) in [5.41, 5.74) is 3.69.